The molecule has 0 bridgehead atoms. The number of nitrogens with two attached hydrogens (primary N) is 1. The van der Waals surface area contributed by atoms with Crippen LogP contribution in [0.3, 0.4) is 0 Å². The van der Waals surface area contributed by atoms with Crippen LogP contribution in [0.4, 0.5) is 5.82 Å². The van der Waals surface area contributed by atoms with E-state index in [1.807, 2.05) is 96.2 Å². The monoisotopic (exact) mass is 691 g/mol. The number of hydrogen-bond acceptors (Lipinski definition) is 10. The Kier molecular flexibility index (Phi) is 10.7. The predicted molar refractivity (Wildman–Crippen MR) is 195 cm³/mol. The van der Waals surface area contributed by atoms with Gasteiger partial charge in [0.25, 0.3) is 5.91 Å². The number of ether oxygens (including phenoxy) is 4. The standard InChI is InChI=1S/C39H45N7O5/c1-27(2)45-25-29-24-33(12-13-34(29)39(45)47)50-23-22-49-21-20-48-19-18-44-16-14-30(15-17-44)46-38-35(37(40)41-26-42-38)36(43-46)28-8-10-32(11-9-28)51-31-6-4-3-5-7-31/h3-13,24,26-27,30H,14-23,25H2,1-2H3,(H2,40,41,42). The number of carbonyl (C=O) groups excluding carboxylic acids is 1. The highest BCUT2D eigenvalue weighted by molar-refractivity contribution is 5.99. The third kappa shape index (κ3) is 7.98. The number of nitrogens with zero attached hydrogens (tertiary/aromatic N) is 6. The molecular weight excluding hydrogens is 646 g/mol. The molecule has 12 heteroatoms. The Morgan fingerprint density at radius 2 is 1.55 bits per heavy atom. The van der Waals surface area contributed by atoms with E-state index < -0.39 is 0 Å². The van der Waals surface area contributed by atoms with Crippen molar-refractivity contribution in [3.8, 4) is 28.5 Å². The van der Waals surface area contributed by atoms with Gasteiger partial charge in [0.15, 0.2) is 5.65 Å². The number of piperidine rings is 1. The molecule has 0 atom stereocenters. The topological polar surface area (TPSA) is 130 Å². The van der Waals surface area contributed by atoms with Crippen LogP contribution in [0, 0.1) is 0 Å². The summed E-state index contributed by atoms with van der Waals surface area (Å²) >= 11 is 0. The van der Waals surface area contributed by atoms with Crippen molar-refractivity contribution >= 4 is 22.8 Å². The zero-order valence-electron chi connectivity index (χ0n) is 29.2. The molecule has 3 aromatic carbocycles. The number of hydrogen-bond donors (Lipinski definition) is 1. The Labute approximate surface area is 298 Å². The number of aromatic nitrogens is 4. The lowest BCUT2D eigenvalue weighted by Gasteiger charge is -2.32. The number of carbonyl (C=O) groups is 1. The lowest BCUT2D eigenvalue weighted by atomic mass is 10.1. The molecule has 0 unspecified atom stereocenters. The number of para-hydroxylation sites is 1. The van der Waals surface area contributed by atoms with Crippen LogP contribution in [0.5, 0.6) is 17.2 Å². The molecule has 2 aliphatic heterocycles. The average Bonchev–Trinajstić information content (AvgIpc) is 3.70. The van der Waals surface area contributed by atoms with Gasteiger partial charge in [-0.2, -0.15) is 5.10 Å². The second kappa shape index (κ2) is 15.9. The Morgan fingerprint density at radius 1 is 0.843 bits per heavy atom. The van der Waals surface area contributed by atoms with Gasteiger partial charge in [-0.25, -0.2) is 14.6 Å². The SMILES string of the molecule is CC(C)N1Cc2cc(OCCOCCOCCN3CCC(n4nc(-c5ccc(Oc6ccccc6)cc5)c5c(N)ncnc54)CC3)ccc2C1=O. The summed E-state index contributed by atoms with van der Waals surface area (Å²) in [5.41, 5.74) is 10.6. The maximum absolute atomic E-state index is 12.5. The van der Waals surface area contributed by atoms with Gasteiger partial charge in [0.1, 0.15) is 41.7 Å². The minimum Gasteiger partial charge on any atom is -0.491 e. The number of fused-ring (bicyclic) bond motifs is 2. The van der Waals surface area contributed by atoms with Crippen molar-refractivity contribution in [2.75, 3.05) is 58.4 Å². The maximum Gasteiger partial charge on any atom is 0.254 e. The van der Waals surface area contributed by atoms with E-state index in [9.17, 15) is 4.79 Å². The normalized spacial score (nSPS) is 15.2. The number of benzene rings is 3. The molecular formula is C39H45N7O5. The third-order valence-electron chi connectivity index (χ3n) is 9.48. The van der Waals surface area contributed by atoms with Crippen LogP contribution < -0.4 is 15.2 Å². The Hall–Kier alpha value is -5.04. The average molecular weight is 692 g/mol. The minimum absolute atomic E-state index is 0.0897. The molecule has 1 amide bonds. The summed E-state index contributed by atoms with van der Waals surface area (Å²) in [6, 6.07) is 23.7. The molecule has 266 valence electrons. The highest BCUT2D eigenvalue weighted by atomic mass is 16.5. The molecule has 7 rings (SSSR count). The van der Waals surface area contributed by atoms with Gasteiger partial charge >= 0.3 is 0 Å². The summed E-state index contributed by atoms with van der Waals surface area (Å²) < 4.78 is 25.5. The second-order valence-corrected chi connectivity index (χ2v) is 13.2. The largest absolute Gasteiger partial charge is 0.491 e. The second-order valence-electron chi connectivity index (χ2n) is 13.2. The lowest BCUT2D eigenvalue weighted by Crippen LogP contribution is -2.37. The quantitative estimate of drug-likeness (QED) is 0.131. The summed E-state index contributed by atoms with van der Waals surface area (Å²) in [5, 5.41) is 5.83. The van der Waals surface area contributed by atoms with Crippen LogP contribution in [0.2, 0.25) is 0 Å². The van der Waals surface area contributed by atoms with E-state index >= 15 is 0 Å². The molecule has 5 aromatic rings. The van der Waals surface area contributed by atoms with Gasteiger partial charge in [0.05, 0.1) is 37.9 Å². The van der Waals surface area contributed by atoms with Crippen LogP contribution in [0.15, 0.2) is 79.1 Å². The van der Waals surface area contributed by atoms with Crippen LogP contribution in [0.1, 0.15) is 48.7 Å². The van der Waals surface area contributed by atoms with Crippen molar-refractivity contribution in [2.24, 2.45) is 0 Å². The maximum atomic E-state index is 12.5. The van der Waals surface area contributed by atoms with Gasteiger partial charge in [0.2, 0.25) is 0 Å². The molecule has 2 N–H and O–H groups in total. The van der Waals surface area contributed by atoms with Crippen LogP contribution >= 0.6 is 0 Å². The smallest absolute Gasteiger partial charge is 0.254 e. The Morgan fingerprint density at radius 3 is 2.31 bits per heavy atom. The summed E-state index contributed by atoms with van der Waals surface area (Å²) in [7, 11) is 0. The van der Waals surface area contributed by atoms with Gasteiger partial charge < -0.3 is 34.5 Å². The molecule has 0 radical (unpaired) electrons. The zero-order chi connectivity index (χ0) is 35.2. The molecule has 0 spiro atoms. The molecule has 51 heavy (non-hydrogen) atoms. The van der Waals surface area contributed by atoms with Crippen LogP contribution in [-0.4, -0.2) is 94.2 Å². The first-order valence-electron chi connectivity index (χ1n) is 17.7. The van der Waals surface area contributed by atoms with E-state index in [0.29, 0.717) is 45.4 Å². The van der Waals surface area contributed by atoms with E-state index in [-0.39, 0.29) is 18.0 Å². The van der Waals surface area contributed by atoms with Gasteiger partial charge in [-0.3, -0.25) is 4.79 Å². The number of rotatable bonds is 15. The summed E-state index contributed by atoms with van der Waals surface area (Å²) in [6.45, 7) is 10.0. The predicted octanol–water partition coefficient (Wildman–Crippen LogP) is 5.98. The first-order chi connectivity index (χ1) is 24.9. The van der Waals surface area contributed by atoms with Crippen LogP contribution in [0.25, 0.3) is 22.3 Å². The van der Waals surface area contributed by atoms with Gasteiger partial charge in [0, 0.05) is 43.3 Å². The van der Waals surface area contributed by atoms with Gasteiger partial charge in [-0.15, -0.1) is 0 Å². The molecule has 0 aliphatic carbocycles. The van der Waals surface area contributed by atoms with Crippen LogP contribution in [-0.2, 0) is 16.0 Å². The van der Waals surface area contributed by atoms with Gasteiger partial charge in [-0.1, -0.05) is 18.2 Å². The van der Waals surface area contributed by atoms with Crippen molar-refractivity contribution in [1.29, 1.82) is 0 Å². The van der Waals surface area contributed by atoms with Crippen molar-refractivity contribution in [3.05, 3.63) is 90.3 Å². The van der Waals surface area contributed by atoms with E-state index in [1.54, 1.807) is 0 Å². The lowest BCUT2D eigenvalue weighted by molar-refractivity contribution is 0.0263. The Balaban J connectivity index is 0.826. The highest BCUT2D eigenvalue weighted by Gasteiger charge is 2.29. The fourth-order valence-electron chi connectivity index (χ4n) is 6.71. The summed E-state index contributed by atoms with van der Waals surface area (Å²) in [4.78, 5) is 25.7. The number of anilines is 1. The molecule has 1 fully saturated rings. The first kappa shape index (κ1) is 34.4. The van der Waals surface area contributed by atoms with Gasteiger partial charge in [-0.05, 0) is 86.8 Å². The molecule has 12 nitrogen and oxygen atoms in total. The fourth-order valence-corrected chi connectivity index (χ4v) is 6.71. The molecule has 2 aromatic heterocycles. The van der Waals surface area contributed by atoms with E-state index in [1.165, 1.54) is 6.33 Å². The van der Waals surface area contributed by atoms with E-state index in [2.05, 4.69) is 14.9 Å². The van der Waals surface area contributed by atoms with E-state index in [0.717, 1.165) is 83.1 Å². The molecule has 0 saturated carbocycles. The Bertz CT molecular complexity index is 1920. The number of nitrogen functional groups attached to an aromatic ring is 1. The molecule has 2 aliphatic rings. The first-order valence-corrected chi connectivity index (χ1v) is 17.7. The fraction of sp³-hybridized carbons (Fsp3) is 0.385. The van der Waals surface area contributed by atoms with Crippen molar-refractivity contribution in [2.45, 2.75) is 45.3 Å². The highest BCUT2D eigenvalue weighted by Crippen LogP contribution is 2.35. The van der Waals surface area contributed by atoms with Crippen molar-refractivity contribution < 1.29 is 23.7 Å². The zero-order valence-corrected chi connectivity index (χ0v) is 29.2. The van der Waals surface area contributed by atoms with Crippen molar-refractivity contribution in [3.63, 3.8) is 0 Å². The third-order valence-corrected chi connectivity index (χ3v) is 9.48. The minimum atomic E-state index is 0.0897. The molecule has 1 saturated heterocycles. The summed E-state index contributed by atoms with van der Waals surface area (Å²) in [5.74, 6) is 2.81. The number of likely N-dealkylation sites (tertiary alicyclic amines) is 1. The van der Waals surface area contributed by atoms with E-state index in [4.69, 9.17) is 29.8 Å². The number of amides is 1. The van der Waals surface area contributed by atoms with Crippen molar-refractivity contribution in [1.82, 2.24) is 29.5 Å². The summed E-state index contributed by atoms with van der Waals surface area (Å²) in [6.07, 6.45) is 3.41. The molecule has 4 heterocycles.